The summed E-state index contributed by atoms with van der Waals surface area (Å²) in [5.74, 6) is 0.313. The maximum Gasteiger partial charge on any atom is 0.404 e. The molecule has 5 nitrogen and oxygen atoms in total. The van der Waals surface area contributed by atoms with E-state index in [9.17, 15) is 9.90 Å². The first-order chi connectivity index (χ1) is 12.1. The molecule has 2 aromatic rings. The van der Waals surface area contributed by atoms with Crippen LogP contribution in [-0.2, 0) is 6.42 Å². The lowest BCUT2D eigenvalue weighted by molar-refractivity contribution is 0.117. The molecular weight excluding hydrogens is 316 g/mol. The Kier molecular flexibility index (Phi) is 7.44. The van der Waals surface area contributed by atoms with Crippen LogP contribution in [0, 0.1) is 0 Å². The van der Waals surface area contributed by atoms with Gasteiger partial charge in [-0.15, -0.1) is 0 Å². The second-order valence-corrected chi connectivity index (χ2v) is 6.28. The monoisotopic (exact) mass is 342 g/mol. The van der Waals surface area contributed by atoms with Gasteiger partial charge in [-0.3, -0.25) is 0 Å². The van der Waals surface area contributed by atoms with E-state index in [0.717, 1.165) is 5.56 Å². The number of amides is 1. The zero-order chi connectivity index (χ0) is 18.1. The minimum atomic E-state index is -1.13. The molecule has 0 spiro atoms. The van der Waals surface area contributed by atoms with Gasteiger partial charge >= 0.3 is 6.09 Å². The summed E-state index contributed by atoms with van der Waals surface area (Å²) >= 11 is 0. The van der Waals surface area contributed by atoms with Gasteiger partial charge in [0.15, 0.2) is 0 Å². The van der Waals surface area contributed by atoms with Crippen LogP contribution in [0.5, 0.6) is 0 Å². The number of benzene rings is 2. The van der Waals surface area contributed by atoms with Gasteiger partial charge in [-0.2, -0.15) is 0 Å². The molecule has 134 valence electrons. The Labute approximate surface area is 148 Å². The molecule has 1 amide bonds. The van der Waals surface area contributed by atoms with Crippen LogP contribution in [-0.4, -0.2) is 41.5 Å². The van der Waals surface area contributed by atoms with Crippen LogP contribution in [0.15, 0.2) is 60.7 Å². The van der Waals surface area contributed by atoms with Crippen LogP contribution in [0.3, 0.4) is 0 Å². The average molecular weight is 342 g/mol. The van der Waals surface area contributed by atoms with Crippen LogP contribution in [0.4, 0.5) is 4.79 Å². The highest BCUT2D eigenvalue weighted by Crippen LogP contribution is 2.13. The molecule has 2 rings (SSSR count). The molecule has 0 aliphatic heterocycles. The number of rotatable bonds is 9. The van der Waals surface area contributed by atoms with Crippen LogP contribution >= 0.6 is 0 Å². The summed E-state index contributed by atoms with van der Waals surface area (Å²) in [6.07, 6.45) is -1.48. The van der Waals surface area contributed by atoms with Gasteiger partial charge < -0.3 is 20.8 Å². The molecule has 0 saturated heterocycles. The van der Waals surface area contributed by atoms with E-state index in [1.54, 1.807) is 0 Å². The van der Waals surface area contributed by atoms with Gasteiger partial charge in [0, 0.05) is 13.1 Å². The summed E-state index contributed by atoms with van der Waals surface area (Å²) < 4.78 is 0. The van der Waals surface area contributed by atoms with Crippen LogP contribution in [0.1, 0.15) is 24.0 Å². The molecule has 25 heavy (non-hydrogen) atoms. The average Bonchev–Trinajstić information content (AvgIpc) is 2.62. The molecule has 0 aliphatic carbocycles. The van der Waals surface area contributed by atoms with Crippen molar-refractivity contribution in [1.29, 1.82) is 0 Å². The molecular formula is C20H26N2O3. The molecule has 0 saturated carbocycles. The SMILES string of the molecule is CC(CNC[C@@H](O)[C@H](Cc1ccccc1)NC(=O)O)c1ccccc1. The van der Waals surface area contributed by atoms with Crippen LogP contribution < -0.4 is 10.6 Å². The summed E-state index contributed by atoms with van der Waals surface area (Å²) in [6, 6.07) is 19.2. The Bertz CT molecular complexity index is 634. The Balaban J connectivity index is 1.86. The van der Waals surface area contributed by atoms with E-state index in [2.05, 4.69) is 29.7 Å². The Morgan fingerprint density at radius 3 is 2.20 bits per heavy atom. The van der Waals surface area contributed by atoms with Crippen molar-refractivity contribution >= 4 is 6.09 Å². The number of hydrogen-bond acceptors (Lipinski definition) is 3. The second kappa shape index (κ2) is 9.81. The maximum absolute atomic E-state index is 11.0. The van der Waals surface area contributed by atoms with E-state index >= 15 is 0 Å². The lowest BCUT2D eigenvalue weighted by Crippen LogP contribution is -2.48. The van der Waals surface area contributed by atoms with Crippen molar-refractivity contribution in [3.8, 4) is 0 Å². The van der Waals surface area contributed by atoms with Crippen molar-refractivity contribution < 1.29 is 15.0 Å². The van der Waals surface area contributed by atoms with Crippen molar-refractivity contribution in [3.05, 3.63) is 71.8 Å². The van der Waals surface area contributed by atoms with Gasteiger partial charge in [-0.05, 0) is 23.5 Å². The summed E-state index contributed by atoms with van der Waals surface area (Å²) in [7, 11) is 0. The Hall–Kier alpha value is -2.37. The summed E-state index contributed by atoms with van der Waals surface area (Å²) in [5, 5.41) is 25.1. The molecule has 4 N–H and O–H groups in total. The normalized spacial score (nSPS) is 14.5. The van der Waals surface area contributed by atoms with Crippen LogP contribution in [0.25, 0.3) is 0 Å². The topological polar surface area (TPSA) is 81.6 Å². The Morgan fingerprint density at radius 2 is 1.60 bits per heavy atom. The number of aliphatic hydroxyl groups excluding tert-OH is 1. The van der Waals surface area contributed by atoms with E-state index < -0.39 is 18.2 Å². The van der Waals surface area contributed by atoms with Crippen LogP contribution in [0.2, 0.25) is 0 Å². The predicted octanol–water partition coefficient (Wildman–Crippen LogP) is 2.62. The zero-order valence-corrected chi connectivity index (χ0v) is 14.4. The fourth-order valence-electron chi connectivity index (χ4n) is 2.80. The number of carbonyl (C=O) groups is 1. The molecule has 0 heterocycles. The van der Waals surface area contributed by atoms with Crippen molar-refractivity contribution in [3.63, 3.8) is 0 Å². The predicted molar refractivity (Wildman–Crippen MR) is 98.8 cm³/mol. The van der Waals surface area contributed by atoms with Crippen molar-refractivity contribution in [2.75, 3.05) is 13.1 Å². The molecule has 0 aliphatic rings. The molecule has 1 unspecified atom stereocenters. The van der Waals surface area contributed by atoms with Crippen molar-refractivity contribution in [2.24, 2.45) is 0 Å². The summed E-state index contributed by atoms with van der Waals surface area (Å²) in [6.45, 7) is 3.16. The standard InChI is InChI=1S/C20H26N2O3/c1-15(17-10-6-3-7-11-17)13-21-14-19(23)18(22-20(24)25)12-16-8-4-2-5-9-16/h2-11,15,18-19,21-23H,12-14H2,1H3,(H,24,25)/t15?,18-,19+/m0/s1. The molecule has 5 heteroatoms. The smallest absolute Gasteiger partial charge is 0.404 e. The Morgan fingerprint density at radius 1 is 1.00 bits per heavy atom. The third-order valence-electron chi connectivity index (χ3n) is 4.24. The lowest BCUT2D eigenvalue weighted by atomic mass is 10.00. The van der Waals surface area contributed by atoms with E-state index in [1.165, 1.54) is 5.56 Å². The first-order valence-electron chi connectivity index (χ1n) is 8.53. The number of hydrogen-bond donors (Lipinski definition) is 4. The zero-order valence-electron chi connectivity index (χ0n) is 14.4. The van der Waals surface area contributed by atoms with Gasteiger partial charge in [0.05, 0.1) is 12.1 Å². The van der Waals surface area contributed by atoms with E-state index in [0.29, 0.717) is 25.4 Å². The highest BCUT2D eigenvalue weighted by molar-refractivity contribution is 5.65. The van der Waals surface area contributed by atoms with Crippen molar-refractivity contribution in [1.82, 2.24) is 10.6 Å². The summed E-state index contributed by atoms with van der Waals surface area (Å²) in [5.41, 5.74) is 2.21. The number of aliphatic hydroxyl groups is 1. The third-order valence-corrected chi connectivity index (χ3v) is 4.24. The highest BCUT2D eigenvalue weighted by Gasteiger charge is 2.21. The molecule has 0 radical (unpaired) electrons. The maximum atomic E-state index is 11.0. The first-order valence-corrected chi connectivity index (χ1v) is 8.53. The molecule has 0 bridgehead atoms. The lowest BCUT2D eigenvalue weighted by Gasteiger charge is -2.24. The molecule has 0 aromatic heterocycles. The fourth-order valence-corrected chi connectivity index (χ4v) is 2.80. The highest BCUT2D eigenvalue weighted by atomic mass is 16.4. The first kappa shape index (κ1) is 19.0. The van der Waals surface area contributed by atoms with Gasteiger partial charge in [0.1, 0.15) is 0 Å². The van der Waals surface area contributed by atoms with E-state index in [1.807, 2.05) is 48.5 Å². The van der Waals surface area contributed by atoms with Crippen molar-refractivity contribution in [2.45, 2.75) is 31.4 Å². The van der Waals surface area contributed by atoms with Gasteiger partial charge in [0.2, 0.25) is 0 Å². The minimum Gasteiger partial charge on any atom is -0.465 e. The van der Waals surface area contributed by atoms with Gasteiger partial charge in [0.25, 0.3) is 0 Å². The van der Waals surface area contributed by atoms with Gasteiger partial charge in [-0.25, -0.2) is 4.79 Å². The minimum absolute atomic E-state index is 0.313. The van der Waals surface area contributed by atoms with E-state index in [-0.39, 0.29) is 0 Å². The fraction of sp³-hybridized carbons (Fsp3) is 0.350. The van der Waals surface area contributed by atoms with E-state index in [4.69, 9.17) is 5.11 Å². The number of nitrogens with one attached hydrogen (secondary N) is 2. The molecule has 3 atom stereocenters. The molecule has 0 fully saturated rings. The largest absolute Gasteiger partial charge is 0.465 e. The van der Waals surface area contributed by atoms with Gasteiger partial charge in [-0.1, -0.05) is 67.6 Å². The quantitative estimate of drug-likeness (QED) is 0.565. The summed E-state index contributed by atoms with van der Waals surface area (Å²) in [4.78, 5) is 11.0. The second-order valence-electron chi connectivity index (χ2n) is 6.28. The number of carboxylic acid groups (broad SMARTS) is 1. The third kappa shape index (κ3) is 6.57. The molecule has 2 aromatic carbocycles.